The van der Waals surface area contributed by atoms with E-state index in [0.29, 0.717) is 5.92 Å². The third-order valence-corrected chi connectivity index (χ3v) is 4.87. The number of nitrogens with one attached hydrogen (secondary N) is 1. The molecular weight excluding hydrogens is 281 g/mol. The molecule has 3 rings (SSSR count). The van der Waals surface area contributed by atoms with Crippen molar-refractivity contribution in [3.8, 4) is 0 Å². The summed E-state index contributed by atoms with van der Waals surface area (Å²) in [6.45, 7) is 0.903. The van der Waals surface area contributed by atoms with Crippen molar-refractivity contribution >= 4 is 24.0 Å². The SMILES string of the molecule is Cl.OC12CCCCC1C(c1ccc(Cl)cc1)NCC2. The Balaban J connectivity index is 0.00000133. The maximum Gasteiger partial charge on any atom is 0.0706 e. The first kappa shape index (κ1) is 15.1. The molecule has 1 aromatic rings. The summed E-state index contributed by atoms with van der Waals surface area (Å²) in [4.78, 5) is 0. The Labute approximate surface area is 126 Å². The number of piperidine rings is 1. The minimum absolute atomic E-state index is 0. The number of benzene rings is 1. The van der Waals surface area contributed by atoms with Crippen LogP contribution in [-0.2, 0) is 0 Å². The highest BCUT2D eigenvalue weighted by Gasteiger charge is 2.45. The van der Waals surface area contributed by atoms with E-state index in [2.05, 4.69) is 17.4 Å². The largest absolute Gasteiger partial charge is 0.389 e. The number of fused-ring (bicyclic) bond motifs is 1. The number of hydrogen-bond acceptors (Lipinski definition) is 2. The highest BCUT2D eigenvalue weighted by Crippen LogP contribution is 2.45. The van der Waals surface area contributed by atoms with Crippen LogP contribution in [0.1, 0.15) is 43.7 Å². The zero-order valence-corrected chi connectivity index (χ0v) is 12.5. The molecule has 2 nitrogen and oxygen atoms in total. The van der Waals surface area contributed by atoms with Crippen LogP contribution in [-0.4, -0.2) is 17.3 Å². The summed E-state index contributed by atoms with van der Waals surface area (Å²) < 4.78 is 0. The molecule has 2 fully saturated rings. The third-order valence-electron chi connectivity index (χ3n) is 4.62. The Morgan fingerprint density at radius 1 is 1.16 bits per heavy atom. The average molecular weight is 302 g/mol. The van der Waals surface area contributed by atoms with Crippen LogP contribution in [0.3, 0.4) is 0 Å². The van der Waals surface area contributed by atoms with Crippen LogP contribution in [0, 0.1) is 5.92 Å². The summed E-state index contributed by atoms with van der Waals surface area (Å²) in [5.74, 6) is 0.348. The van der Waals surface area contributed by atoms with Gasteiger partial charge in [-0.15, -0.1) is 12.4 Å². The number of hydrogen-bond donors (Lipinski definition) is 2. The van der Waals surface area contributed by atoms with Gasteiger partial charge in [-0.05, 0) is 43.5 Å². The fourth-order valence-corrected chi connectivity index (χ4v) is 3.77. The predicted molar refractivity (Wildman–Crippen MR) is 81.0 cm³/mol. The lowest BCUT2D eigenvalue weighted by Crippen LogP contribution is -2.53. The van der Waals surface area contributed by atoms with E-state index in [1.54, 1.807) is 0 Å². The van der Waals surface area contributed by atoms with Gasteiger partial charge in [0.05, 0.1) is 5.60 Å². The number of halogens is 2. The first-order chi connectivity index (χ1) is 8.69. The summed E-state index contributed by atoms with van der Waals surface area (Å²) in [5.41, 5.74) is 0.804. The molecule has 106 valence electrons. The van der Waals surface area contributed by atoms with Gasteiger partial charge in [0.2, 0.25) is 0 Å². The molecule has 3 atom stereocenters. The van der Waals surface area contributed by atoms with Crippen LogP contribution in [0.2, 0.25) is 5.02 Å². The lowest BCUT2D eigenvalue weighted by molar-refractivity contribution is -0.0861. The van der Waals surface area contributed by atoms with Crippen LogP contribution in [0.15, 0.2) is 24.3 Å². The highest BCUT2D eigenvalue weighted by atomic mass is 35.5. The van der Waals surface area contributed by atoms with Crippen molar-refractivity contribution < 1.29 is 5.11 Å². The molecule has 1 aliphatic carbocycles. The van der Waals surface area contributed by atoms with Gasteiger partial charge in [-0.3, -0.25) is 0 Å². The average Bonchev–Trinajstić information content (AvgIpc) is 2.38. The molecular formula is C15H21Cl2NO. The summed E-state index contributed by atoms with van der Waals surface area (Å²) >= 11 is 5.95. The Kier molecular flexibility index (Phi) is 4.78. The monoisotopic (exact) mass is 301 g/mol. The van der Waals surface area contributed by atoms with Gasteiger partial charge < -0.3 is 10.4 Å². The third kappa shape index (κ3) is 2.92. The van der Waals surface area contributed by atoms with Gasteiger partial charge in [0.25, 0.3) is 0 Å². The second kappa shape index (κ2) is 6.01. The Hall–Kier alpha value is -0.280. The summed E-state index contributed by atoms with van der Waals surface area (Å²) in [6.07, 6.45) is 5.38. The summed E-state index contributed by atoms with van der Waals surface area (Å²) in [7, 11) is 0. The van der Waals surface area contributed by atoms with E-state index in [-0.39, 0.29) is 18.4 Å². The topological polar surface area (TPSA) is 32.3 Å². The van der Waals surface area contributed by atoms with Crippen molar-refractivity contribution in [3.05, 3.63) is 34.9 Å². The Morgan fingerprint density at radius 3 is 2.63 bits per heavy atom. The maximum absolute atomic E-state index is 10.8. The van der Waals surface area contributed by atoms with Gasteiger partial charge >= 0.3 is 0 Å². The molecule has 3 unspecified atom stereocenters. The van der Waals surface area contributed by atoms with Crippen molar-refractivity contribution in [2.75, 3.05) is 6.54 Å². The molecule has 0 spiro atoms. The van der Waals surface area contributed by atoms with Crippen molar-refractivity contribution in [3.63, 3.8) is 0 Å². The highest BCUT2D eigenvalue weighted by molar-refractivity contribution is 6.30. The molecule has 0 amide bonds. The van der Waals surface area contributed by atoms with Crippen LogP contribution in [0.4, 0.5) is 0 Å². The van der Waals surface area contributed by atoms with Crippen molar-refractivity contribution in [1.82, 2.24) is 5.32 Å². The van der Waals surface area contributed by atoms with Crippen LogP contribution >= 0.6 is 24.0 Å². The van der Waals surface area contributed by atoms with E-state index in [1.165, 1.54) is 18.4 Å². The van der Waals surface area contributed by atoms with Gasteiger partial charge in [0.1, 0.15) is 0 Å². The molecule has 1 aliphatic heterocycles. The summed E-state index contributed by atoms with van der Waals surface area (Å²) in [5, 5.41) is 15.2. The van der Waals surface area contributed by atoms with Gasteiger partial charge in [0.15, 0.2) is 0 Å². The minimum Gasteiger partial charge on any atom is -0.389 e. The second-order valence-corrected chi connectivity index (χ2v) is 6.13. The van der Waals surface area contributed by atoms with E-state index >= 15 is 0 Å². The van der Waals surface area contributed by atoms with Gasteiger partial charge in [-0.2, -0.15) is 0 Å². The van der Waals surface area contributed by atoms with E-state index in [1.807, 2.05) is 12.1 Å². The normalized spacial score (nSPS) is 34.2. The van der Waals surface area contributed by atoms with Crippen LogP contribution < -0.4 is 5.32 Å². The summed E-state index contributed by atoms with van der Waals surface area (Å²) in [6, 6.07) is 8.33. The van der Waals surface area contributed by atoms with E-state index in [4.69, 9.17) is 11.6 Å². The molecule has 0 radical (unpaired) electrons. The van der Waals surface area contributed by atoms with Crippen molar-refractivity contribution in [2.45, 2.75) is 43.7 Å². The standard InChI is InChI=1S/C15H20ClNO.ClH/c16-12-6-4-11(5-7-12)14-13-3-1-2-8-15(13,18)9-10-17-14;/h4-7,13-14,17-18H,1-3,8-10H2;1H. The van der Waals surface area contributed by atoms with Crippen LogP contribution in [0.25, 0.3) is 0 Å². The fourth-order valence-electron chi connectivity index (χ4n) is 3.64. The second-order valence-electron chi connectivity index (χ2n) is 5.69. The molecule has 1 heterocycles. The molecule has 1 saturated carbocycles. The predicted octanol–water partition coefficient (Wildman–Crippen LogP) is 3.72. The minimum atomic E-state index is -0.451. The van der Waals surface area contributed by atoms with E-state index < -0.39 is 5.60 Å². The molecule has 0 aromatic heterocycles. The Bertz CT molecular complexity index is 419. The molecule has 2 aliphatic rings. The fraction of sp³-hybridized carbons (Fsp3) is 0.600. The quantitative estimate of drug-likeness (QED) is 0.828. The number of aliphatic hydroxyl groups is 1. The first-order valence-electron chi connectivity index (χ1n) is 6.90. The zero-order chi connectivity index (χ0) is 12.6. The number of rotatable bonds is 1. The lowest BCUT2D eigenvalue weighted by atomic mass is 9.67. The lowest BCUT2D eigenvalue weighted by Gasteiger charge is -2.48. The van der Waals surface area contributed by atoms with E-state index in [9.17, 15) is 5.11 Å². The smallest absolute Gasteiger partial charge is 0.0706 e. The van der Waals surface area contributed by atoms with Gasteiger partial charge in [0, 0.05) is 17.0 Å². The molecule has 19 heavy (non-hydrogen) atoms. The van der Waals surface area contributed by atoms with E-state index in [0.717, 1.165) is 30.8 Å². The Morgan fingerprint density at radius 2 is 1.89 bits per heavy atom. The molecule has 2 N–H and O–H groups in total. The molecule has 1 aromatic carbocycles. The van der Waals surface area contributed by atoms with Gasteiger partial charge in [-0.25, -0.2) is 0 Å². The first-order valence-corrected chi connectivity index (χ1v) is 7.28. The van der Waals surface area contributed by atoms with Crippen LogP contribution in [0.5, 0.6) is 0 Å². The zero-order valence-electron chi connectivity index (χ0n) is 10.9. The van der Waals surface area contributed by atoms with Gasteiger partial charge in [-0.1, -0.05) is 36.6 Å². The maximum atomic E-state index is 10.8. The molecule has 1 saturated heterocycles. The van der Waals surface area contributed by atoms with Crippen molar-refractivity contribution in [1.29, 1.82) is 0 Å². The molecule has 0 bridgehead atoms. The molecule has 4 heteroatoms. The van der Waals surface area contributed by atoms with Crippen molar-refractivity contribution in [2.24, 2.45) is 5.92 Å².